The van der Waals surface area contributed by atoms with Crippen molar-refractivity contribution in [3.05, 3.63) is 65.0 Å². The van der Waals surface area contributed by atoms with E-state index in [0.717, 1.165) is 37.5 Å². The number of allylic oxidation sites excluding steroid dienone is 4. The molecule has 3 aliphatic rings. The van der Waals surface area contributed by atoms with Crippen LogP contribution >= 0.6 is 0 Å². The molecule has 1 amide bonds. The molecule has 1 aliphatic carbocycles. The number of rotatable bonds is 7. The van der Waals surface area contributed by atoms with E-state index in [4.69, 9.17) is 4.74 Å². The van der Waals surface area contributed by atoms with Crippen molar-refractivity contribution < 1.29 is 9.53 Å². The number of piperidine rings is 2. The Bertz CT molecular complexity index is 919. The second kappa shape index (κ2) is 12.3. The molecule has 2 aliphatic heterocycles. The van der Waals surface area contributed by atoms with Crippen LogP contribution in [-0.4, -0.2) is 55.5 Å². The summed E-state index contributed by atoms with van der Waals surface area (Å²) in [7, 11) is 1.62. The van der Waals surface area contributed by atoms with Crippen molar-refractivity contribution in [2.24, 2.45) is 5.92 Å². The van der Waals surface area contributed by atoms with Gasteiger partial charge in [0.2, 0.25) is 0 Å². The first-order chi connectivity index (χ1) is 16.6. The van der Waals surface area contributed by atoms with Gasteiger partial charge in [-0.25, -0.2) is 0 Å². The van der Waals surface area contributed by atoms with Gasteiger partial charge in [0.15, 0.2) is 0 Å². The number of carbonyl (C=O) groups is 1. The predicted octanol–water partition coefficient (Wildman–Crippen LogP) is 5.52. The number of hydrogen-bond acceptors (Lipinski definition) is 4. The van der Waals surface area contributed by atoms with Crippen molar-refractivity contribution in [1.29, 1.82) is 0 Å². The molecule has 2 fully saturated rings. The van der Waals surface area contributed by atoms with Gasteiger partial charge in [-0.1, -0.05) is 24.6 Å². The van der Waals surface area contributed by atoms with Crippen LogP contribution in [0.1, 0.15) is 68.6 Å². The minimum Gasteiger partial charge on any atom is -0.497 e. The fraction of sp³-hybridized carbons (Fsp3) is 0.552. The van der Waals surface area contributed by atoms with Gasteiger partial charge in [0.25, 0.3) is 5.91 Å². The van der Waals surface area contributed by atoms with Crippen LogP contribution in [0.5, 0.6) is 5.75 Å². The lowest BCUT2D eigenvalue weighted by molar-refractivity contribution is 0.0963. The molecule has 0 spiro atoms. The third-order valence-electron chi connectivity index (χ3n) is 7.56. The number of methoxy groups -OCH3 is 1. The van der Waals surface area contributed by atoms with E-state index in [-0.39, 0.29) is 5.91 Å². The lowest BCUT2D eigenvalue weighted by Gasteiger charge is -2.38. The zero-order valence-corrected chi connectivity index (χ0v) is 21.0. The van der Waals surface area contributed by atoms with Gasteiger partial charge in [0, 0.05) is 18.7 Å². The molecule has 0 saturated carbocycles. The van der Waals surface area contributed by atoms with Gasteiger partial charge in [-0.3, -0.25) is 4.79 Å². The summed E-state index contributed by atoms with van der Waals surface area (Å²) in [6.45, 7) is 8.20. The summed E-state index contributed by atoms with van der Waals surface area (Å²) in [5.41, 5.74) is 4.09. The van der Waals surface area contributed by atoms with Crippen LogP contribution in [0.4, 0.5) is 0 Å². The minimum atomic E-state index is -0.0964. The van der Waals surface area contributed by atoms with Crippen LogP contribution in [0.15, 0.2) is 59.5 Å². The monoisotopic (exact) mass is 463 g/mol. The average molecular weight is 464 g/mol. The normalized spacial score (nSPS) is 20.5. The van der Waals surface area contributed by atoms with Gasteiger partial charge in [-0.15, -0.1) is 0 Å². The zero-order chi connectivity index (χ0) is 23.8. The molecule has 0 unspecified atom stereocenters. The van der Waals surface area contributed by atoms with E-state index in [1.165, 1.54) is 69.4 Å². The topological polar surface area (TPSA) is 44.8 Å². The third-order valence-corrected chi connectivity index (χ3v) is 7.56. The molecule has 0 bridgehead atoms. The second-order valence-corrected chi connectivity index (χ2v) is 9.98. The average Bonchev–Trinajstić information content (AvgIpc) is 2.87. The lowest BCUT2D eigenvalue weighted by atomic mass is 9.91. The Morgan fingerprint density at radius 3 is 2.68 bits per heavy atom. The summed E-state index contributed by atoms with van der Waals surface area (Å²) in [5, 5.41) is 3.22. The van der Waals surface area contributed by atoms with Crippen LogP contribution in [0, 0.1) is 5.92 Å². The summed E-state index contributed by atoms with van der Waals surface area (Å²) >= 11 is 0. The van der Waals surface area contributed by atoms with Crippen LogP contribution in [-0.2, 0) is 0 Å². The maximum Gasteiger partial charge on any atom is 0.255 e. The molecule has 0 aromatic heterocycles. The van der Waals surface area contributed by atoms with Crippen LogP contribution in [0.25, 0.3) is 0 Å². The van der Waals surface area contributed by atoms with E-state index in [1.54, 1.807) is 13.2 Å². The van der Waals surface area contributed by atoms with Gasteiger partial charge in [-0.05, 0) is 107 Å². The van der Waals surface area contributed by atoms with Gasteiger partial charge in [0.1, 0.15) is 5.75 Å². The summed E-state index contributed by atoms with van der Waals surface area (Å²) in [6.07, 6.45) is 16.3. The van der Waals surface area contributed by atoms with E-state index in [2.05, 4.69) is 40.3 Å². The Morgan fingerprint density at radius 2 is 1.91 bits per heavy atom. The highest BCUT2D eigenvalue weighted by molar-refractivity contribution is 5.96. The molecular weight excluding hydrogens is 422 g/mol. The summed E-state index contributed by atoms with van der Waals surface area (Å²) < 4.78 is 5.31. The van der Waals surface area contributed by atoms with Crippen molar-refractivity contribution in [2.45, 2.75) is 58.3 Å². The van der Waals surface area contributed by atoms with E-state index >= 15 is 0 Å². The van der Waals surface area contributed by atoms with Gasteiger partial charge < -0.3 is 19.9 Å². The largest absolute Gasteiger partial charge is 0.497 e. The van der Waals surface area contributed by atoms with E-state index < -0.39 is 0 Å². The predicted molar refractivity (Wildman–Crippen MR) is 139 cm³/mol. The molecule has 184 valence electrons. The molecular formula is C29H41N3O2. The number of benzene rings is 1. The first-order valence-electron chi connectivity index (χ1n) is 13.1. The van der Waals surface area contributed by atoms with E-state index in [1.807, 2.05) is 18.2 Å². The number of hydrogen-bond donors (Lipinski definition) is 1. The Balaban J connectivity index is 1.41. The SMILES string of the molecule is COc1cccc(C(=O)NC2=CC=CCCC(C)=C2N2CCC(CCN3CCCCC3)CC2)c1. The Kier molecular flexibility index (Phi) is 8.86. The van der Waals surface area contributed by atoms with Crippen molar-refractivity contribution in [2.75, 3.05) is 39.8 Å². The highest BCUT2D eigenvalue weighted by atomic mass is 16.5. The summed E-state index contributed by atoms with van der Waals surface area (Å²) in [6, 6.07) is 7.34. The first-order valence-corrected chi connectivity index (χ1v) is 13.1. The molecule has 5 nitrogen and oxygen atoms in total. The van der Waals surface area contributed by atoms with Gasteiger partial charge in [-0.2, -0.15) is 0 Å². The van der Waals surface area contributed by atoms with E-state index in [0.29, 0.717) is 11.3 Å². The Morgan fingerprint density at radius 1 is 1.12 bits per heavy atom. The van der Waals surface area contributed by atoms with Crippen molar-refractivity contribution in [3.8, 4) is 5.75 Å². The van der Waals surface area contributed by atoms with Crippen LogP contribution in [0.3, 0.4) is 0 Å². The maximum atomic E-state index is 13.1. The maximum absolute atomic E-state index is 13.1. The molecule has 1 aromatic rings. The number of amides is 1. The summed E-state index contributed by atoms with van der Waals surface area (Å²) in [4.78, 5) is 18.3. The molecule has 0 radical (unpaired) electrons. The highest BCUT2D eigenvalue weighted by Gasteiger charge is 2.25. The molecule has 2 heterocycles. The number of nitrogens with one attached hydrogen (secondary N) is 1. The Hall–Kier alpha value is -2.53. The van der Waals surface area contributed by atoms with E-state index in [9.17, 15) is 4.79 Å². The fourth-order valence-electron chi connectivity index (χ4n) is 5.48. The molecule has 5 heteroatoms. The highest BCUT2D eigenvalue weighted by Crippen LogP contribution is 2.30. The zero-order valence-electron chi connectivity index (χ0n) is 21.0. The van der Waals surface area contributed by atoms with Crippen LogP contribution < -0.4 is 10.1 Å². The molecule has 1 aromatic carbocycles. The fourth-order valence-corrected chi connectivity index (χ4v) is 5.48. The van der Waals surface area contributed by atoms with Gasteiger partial charge >= 0.3 is 0 Å². The molecule has 4 rings (SSSR count). The number of ether oxygens (including phenoxy) is 1. The number of nitrogens with zero attached hydrogens (tertiary/aromatic N) is 2. The molecule has 0 atom stereocenters. The molecule has 2 saturated heterocycles. The lowest BCUT2D eigenvalue weighted by Crippen LogP contribution is -2.39. The number of likely N-dealkylation sites (tertiary alicyclic amines) is 2. The molecule has 1 N–H and O–H groups in total. The van der Waals surface area contributed by atoms with Gasteiger partial charge in [0.05, 0.1) is 18.5 Å². The number of carbonyl (C=O) groups excluding carboxylic acids is 1. The quantitative estimate of drug-likeness (QED) is 0.578. The van der Waals surface area contributed by atoms with Crippen molar-refractivity contribution >= 4 is 5.91 Å². The third kappa shape index (κ3) is 6.53. The molecule has 34 heavy (non-hydrogen) atoms. The Labute approximate surface area is 205 Å². The smallest absolute Gasteiger partial charge is 0.255 e. The first kappa shape index (κ1) is 24.6. The second-order valence-electron chi connectivity index (χ2n) is 9.98. The van der Waals surface area contributed by atoms with Crippen LogP contribution in [0.2, 0.25) is 0 Å². The van der Waals surface area contributed by atoms with Crippen molar-refractivity contribution in [1.82, 2.24) is 15.1 Å². The standard InChI is InChI=1S/C29H41N3O2/c1-23-10-5-3-6-13-27(30-29(33)25-11-9-12-26(22-25)34-2)28(23)32-20-15-24(16-21-32)14-19-31-17-7-4-8-18-31/h3,6,9,11-13,22,24H,4-5,7-8,10,14-21H2,1-2H3,(H,30,33). The summed E-state index contributed by atoms with van der Waals surface area (Å²) in [5.74, 6) is 1.41. The minimum absolute atomic E-state index is 0.0964. The van der Waals surface area contributed by atoms with Crippen molar-refractivity contribution in [3.63, 3.8) is 0 Å².